The maximum absolute atomic E-state index is 12.9. The molecule has 3 heterocycles. The molecule has 11 heteroatoms. The smallest absolute Gasteiger partial charge is 0.339 e. The van der Waals surface area contributed by atoms with Gasteiger partial charge in [-0.2, -0.15) is 29.5 Å². The summed E-state index contributed by atoms with van der Waals surface area (Å²) in [4.78, 5) is 16.7. The third kappa shape index (κ3) is 4.66. The van der Waals surface area contributed by atoms with Gasteiger partial charge in [0.05, 0.1) is 11.8 Å². The Balaban J connectivity index is 1.52. The zero-order valence-corrected chi connectivity index (χ0v) is 16.6. The van der Waals surface area contributed by atoms with Gasteiger partial charge >= 0.3 is 6.18 Å². The Morgan fingerprint density at radius 3 is 2.37 bits per heavy atom. The summed E-state index contributed by atoms with van der Waals surface area (Å²) in [6, 6.07) is 6.69. The van der Waals surface area contributed by atoms with Crippen LogP contribution >= 0.6 is 22.9 Å². The quantitative estimate of drug-likeness (QED) is 0.381. The van der Waals surface area contributed by atoms with Crippen LogP contribution in [0.1, 0.15) is 5.56 Å². The molecule has 6 nitrogen and oxygen atoms in total. The number of aromatic nitrogens is 4. The third-order valence-electron chi connectivity index (χ3n) is 3.93. The first-order valence-electron chi connectivity index (χ1n) is 8.47. The number of rotatable bonds is 5. The van der Waals surface area contributed by atoms with Crippen LogP contribution in [0, 0.1) is 0 Å². The Kier molecular flexibility index (Phi) is 5.51. The molecule has 0 radical (unpaired) electrons. The second-order valence-corrected chi connectivity index (χ2v) is 7.21. The van der Waals surface area contributed by atoms with E-state index in [1.54, 1.807) is 23.7 Å². The molecule has 0 saturated heterocycles. The number of alkyl halides is 3. The lowest BCUT2D eigenvalue weighted by atomic mass is 10.2. The second kappa shape index (κ2) is 8.25. The molecule has 152 valence electrons. The largest absolute Gasteiger partial charge is 0.416 e. The van der Waals surface area contributed by atoms with Crippen molar-refractivity contribution in [2.75, 3.05) is 10.6 Å². The van der Waals surface area contributed by atoms with Crippen molar-refractivity contribution in [3.8, 4) is 11.1 Å². The molecule has 0 aliphatic rings. The highest BCUT2D eigenvalue weighted by Crippen LogP contribution is 2.32. The van der Waals surface area contributed by atoms with E-state index >= 15 is 0 Å². The molecule has 0 saturated carbocycles. The maximum Gasteiger partial charge on any atom is 0.416 e. The van der Waals surface area contributed by atoms with E-state index in [2.05, 4.69) is 30.6 Å². The van der Waals surface area contributed by atoms with Crippen LogP contribution in [0.5, 0.6) is 0 Å². The lowest BCUT2D eigenvalue weighted by molar-refractivity contribution is -0.137. The summed E-state index contributed by atoms with van der Waals surface area (Å²) in [6.07, 6.45) is 0.198. The van der Waals surface area contributed by atoms with Gasteiger partial charge in [0.15, 0.2) is 5.82 Å². The van der Waals surface area contributed by atoms with Crippen molar-refractivity contribution in [1.82, 2.24) is 19.9 Å². The molecular weight excluding hydrogens is 437 g/mol. The van der Waals surface area contributed by atoms with Gasteiger partial charge in [-0.25, -0.2) is 15.0 Å². The Bertz CT molecular complexity index is 1150. The van der Waals surface area contributed by atoms with Gasteiger partial charge in [0.25, 0.3) is 0 Å². The van der Waals surface area contributed by atoms with Gasteiger partial charge in [0.1, 0.15) is 5.02 Å². The topological polar surface area (TPSA) is 75.6 Å². The molecule has 0 aliphatic carbocycles. The predicted octanol–water partition coefficient (Wildman–Crippen LogP) is 6.15. The SMILES string of the molecule is FC(F)(F)c1cccc(Nc2nc(Nc3ncc(-c4ccsc4)cn3)ncc2Cl)c1. The number of thiophene rings is 1. The Hall–Kier alpha value is -3.24. The normalized spacial score (nSPS) is 11.3. The average molecular weight is 449 g/mol. The first-order valence-corrected chi connectivity index (χ1v) is 9.79. The number of hydrogen-bond acceptors (Lipinski definition) is 7. The second-order valence-electron chi connectivity index (χ2n) is 6.03. The van der Waals surface area contributed by atoms with E-state index in [4.69, 9.17) is 11.6 Å². The molecule has 0 fully saturated rings. The molecule has 3 aromatic heterocycles. The van der Waals surface area contributed by atoms with E-state index in [1.807, 2.05) is 16.8 Å². The van der Waals surface area contributed by atoms with E-state index in [0.717, 1.165) is 23.3 Å². The van der Waals surface area contributed by atoms with Crippen molar-refractivity contribution >= 4 is 46.3 Å². The average Bonchev–Trinajstić information content (AvgIpc) is 3.26. The minimum absolute atomic E-state index is 0.136. The van der Waals surface area contributed by atoms with Gasteiger partial charge in [-0.3, -0.25) is 5.32 Å². The number of benzene rings is 1. The molecule has 0 aliphatic heterocycles. The fourth-order valence-electron chi connectivity index (χ4n) is 2.50. The van der Waals surface area contributed by atoms with Gasteiger partial charge in [0.2, 0.25) is 11.9 Å². The fraction of sp³-hybridized carbons (Fsp3) is 0.0526. The Labute approximate surface area is 177 Å². The standard InChI is InChI=1S/C19H12ClF3N6S/c20-15-9-26-18(29-17-24-7-12(8-25-17)11-4-5-30-10-11)28-16(15)27-14-3-1-2-13(6-14)19(21,22)23/h1-10H,(H2,24,25,26,27,28,29). The number of halogens is 4. The van der Waals surface area contributed by atoms with Crippen molar-refractivity contribution in [1.29, 1.82) is 0 Å². The van der Waals surface area contributed by atoms with Crippen LogP contribution in [-0.4, -0.2) is 19.9 Å². The molecule has 0 bridgehead atoms. The Morgan fingerprint density at radius 1 is 0.900 bits per heavy atom. The molecule has 0 unspecified atom stereocenters. The van der Waals surface area contributed by atoms with Crippen molar-refractivity contribution in [2.24, 2.45) is 0 Å². The highest BCUT2D eigenvalue weighted by molar-refractivity contribution is 7.08. The van der Waals surface area contributed by atoms with Crippen LogP contribution in [0.25, 0.3) is 11.1 Å². The van der Waals surface area contributed by atoms with Crippen LogP contribution in [-0.2, 0) is 6.18 Å². The molecule has 0 amide bonds. The third-order valence-corrected chi connectivity index (χ3v) is 4.89. The van der Waals surface area contributed by atoms with Crippen LogP contribution in [0.15, 0.2) is 59.7 Å². The van der Waals surface area contributed by atoms with Gasteiger partial charge in [0, 0.05) is 23.6 Å². The lowest BCUT2D eigenvalue weighted by Crippen LogP contribution is -2.06. The summed E-state index contributed by atoms with van der Waals surface area (Å²) in [7, 11) is 0. The van der Waals surface area contributed by atoms with Crippen LogP contribution in [0.3, 0.4) is 0 Å². The van der Waals surface area contributed by atoms with Crippen molar-refractivity contribution in [2.45, 2.75) is 6.18 Å². The molecule has 0 atom stereocenters. The van der Waals surface area contributed by atoms with Gasteiger partial charge in [-0.1, -0.05) is 17.7 Å². The molecule has 0 spiro atoms. The van der Waals surface area contributed by atoms with E-state index in [9.17, 15) is 13.2 Å². The molecule has 4 rings (SSSR count). The van der Waals surface area contributed by atoms with E-state index in [-0.39, 0.29) is 28.4 Å². The summed E-state index contributed by atoms with van der Waals surface area (Å²) in [5.41, 5.74) is 1.29. The highest BCUT2D eigenvalue weighted by atomic mass is 35.5. The number of hydrogen-bond donors (Lipinski definition) is 2. The summed E-state index contributed by atoms with van der Waals surface area (Å²) < 4.78 is 38.7. The number of nitrogens with zero attached hydrogens (tertiary/aromatic N) is 4. The Morgan fingerprint density at radius 2 is 1.67 bits per heavy atom. The minimum atomic E-state index is -4.45. The zero-order valence-electron chi connectivity index (χ0n) is 15.0. The minimum Gasteiger partial charge on any atom is -0.339 e. The van der Waals surface area contributed by atoms with Crippen molar-refractivity contribution < 1.29 is 13.2 Å². The van der Waals surface area contributed by atoms with E-state index < -0.39 is 11.7 Å². The first kappa shape index (κ1) is 20.0. The highest BCUT2D eigenvalue weighted by Gasteiger charge is 2.30. The maximum atomic E-state index is 12.9. The summed E-state index contributed by atoms with van der Waals surface area (Å²) in [6.45, 7) is 0. The molecular formula is C19H12ClF3N6S. The van der Waals surface area contributed by atoms with Crippen LogP contribution in [0.4, 0.5) is 36.6 Å². The summed E-state index contributed by atoms with van der Waals surface area (Å²) in [5.74, 6) is 0.543. The monoisotopic (exact) mass is 448 g/mol. The molecule has 30 heavy (non-hydrogen) atoms. The van der Waals surface area contributed by atoms with Gasteiger partial charge < -0.3 is 5.32 Å². The number of nitrogens with one attached hydrogen (secondary N) is 2. The lowest BCUT2D eigenvalue weighted by Gasteiger charge is -2.12. The van der Waals surface area contributed by atoms with Crippen LogP contribution in [0.2, 0.25) is 5.02 Å². The van der Waals surface area contributed by atoms with Crippen LogP contribution < -0.4 is 10.6 Å². The van der Waals surface area contributed by atoms with E-state index in [1.165, 1.54) is 18.3 Å². The van der Waals surface area contributed by atoms with Crippen molar-refractivity contribution in [3.05, 3.63) is 70.3 Å². The number of anilines is 4. The van der Waals surface area contributed by atoms with E-state index in [0.29, 0.717) is 0 Å². The fourth-order valence-corrected chi connectivity index (χ4v) is 3.30. The molecule has 2 N–H and O–H groups in total. The zero-order chi connectivity index (χ0) is 21.1. The van der Waals surface area contributed by atoms with Gasteiger partial charge in [-0.05, 0) is 40.6 Å². The predicted molar refractivity (Wildman–Crippen MR) is 110 cm³/mol. The summed E-state index contributed by atoms with van der Waals surface area (Å²) in [5, 5.41) is 9.71. The summed E-state index contributed by atoms with van der Waals surface area (Å²) >= 11 is 7.66. The van der Waals surface area contributed by atoms with Crippen molar-refractivity contribution in [3.63, 3.8) is 0 Å². The molecule has 4 aromatic rings. The molecule has 1 aromatic carbocycles. The van der Waals surface area contributed by atoms with Gasteiger partial charge in [-0.15, -0.1) is 0 Å². The first-order chi connectivity index (χ1) is 14.4.